The number of aliphatic carboxylic acids is 1. The van der Waals surface area contributed by atoms with Crippen molar-refractivity contribution in [2.24, 2.45) is 0 Å². The molecule has 2 rings (SSSR count). The fraction of sp³-hybridized carbons (Fsp3) is 0. The van der Waals surface area contributed by atoms with Gasteiger partial charge in [0.1, 0.15) is 11.5 Å². The molecule has 0 aliphatic heterocycles. The molecule has 2 aromatic rings. The van der Waals surface area contributed by atoms with Crippen LogP contribution in [0.25, 0.3) is 6.08 Å². The van der Waals surface area contributed by atoms with E-state index >= 15 is 0 Å². The fourth-order valence-electron chi connectivity index (χ4n) is 1.53. The van der Waals surface area contributed by atoms with Crippen LogP contribution in [0.3, 0.4) is 0 Å². The summed E-state index contributed by atoms with van der Waals surface area (Å²) in [5, 5.41) is 9.00. The van der Waals surface area contributed by atoms with Gasteiger partial charge in [-0.05, 0) is 64.6 Å². The number of carbonyl (C=O) groups is 1. The third kappa shape index (κ3) is 4.25. The number of carboxylic acid groups (broad SMARTS) is 1. The first-order valence-electron chi connectivity index (χ1n) is 5.68. The zero-order chi connectivity index (χ0) is 14.5. The molecule has 0 fully saturated rings. The molecule has 0 aliphatic carbocycles. The normalized spacial score (nSPS) is 10.7. The predicted octanol–water partition coefficient (Wildman–Crippen LogP) is 4.83. The number of rotatable bonds is 4. The molecule has 3 nitrogen and oxygen atoms in total. The highest BCUT2D eigenvalue weighted by molar-refractivity contribution is 14.1. The first-order chi connectivity index (χ1) is 9.54. The van der Waals surface area contributed by atoms with Crippen molar-refractivity contribution in [3.05, 3.63) is 62.7 Å². The van der Waals surface area contributed by atoms with Gasteiger partial charge in [0.15, 0.2) is 0 Å². The molecule has 102 valence electrons. The molecule has 20 heavy (non-hydrogen) atoms. The maximum absolute atomic E-state index is 10.5. The van der Waals surface area contributed by atoms with E-state index in [9.17, 15) is 4.79 Å². The summed E-state index contributed by atoms with van der Waals surface area (Å²) in [6, 6.07) is 12.7. The van der Waals surface area contributed by atoms with Gasteiger partial charge in [-0.1, -0.05) is 23.7 Å². The first kappa shape index (κ1) is 14.9. The van der Waals surface area contributed by atoms with Crippen LogP contribution in [0.15, 0.2) is 48.5 Å². The van der Waals surface area contributed by atoms with E-state index in [1.54, 1.807) is 18.2 Å². The van der Waals surface area contributed by atoms with Crippen LogP contribution in [-0.2, 0) is 4.79 Å². The van der Waals surface area contributed by atoms with Crippen LogP contribution in [0.2, 0.25) is 5.02 Å². The second kappa shape index (κ2) is 6.76. The van der Waals surface area contributed by atoms with Crippen molar-refractivity contribution in [3.63, 3.8) is 0 Å². The van der Waals surface area contributed by atoms with E-state index < -0.39 is 5.97 Å². The average molecular weight is 401 g/mol. The smallest absolute Gasteiger partial charge is 0.328 e. The van der Waals surface area contributed by atoms with Crippen molar-refractivity contribution in [1.82, 2.24) is 0 Å². The molecule has 0 amide bonds. The molecule has 0 saturated heterocycles. The zero-order valence-corrected chi connectivity index (χ0v) is 13.1. The lowest BCUT2D eigenvalue weighted by molar-refractivity contribution is -0.131. The highest BCUT2D eigenvalue weighted by Crippen LogP contribution is 2.31. The van der Waals surface area contributed by atoms with Crippen molar-refractivity contribution < 1.29 is 14.6 Å². The van der Waals surface area contributed by atoms with Crippen LogP contribution in [0.1, 0.15) is 5.56 Å². The Morgan fingerprint density at radius 3 is 2.70 bits per heavy atom. The SMILES string of the molecule is O=C(O)/C=C/c1ccc(Oc2cccc(I)c2)c(Cl)c1. The van der Waals surface area contributed by atoms with Gasteiger partial charge in [0, 0.05) is 9.65 Å². The number of ether oxygens (including phenoxy) is 1. The molecule has 2 aromatic carbocycles. The van der Waals surface area contributed by atoms with Gasteiger partial charge in [0.05, 0.1) is 5.02 Å². The van der Waals surface area contributed by atoms with Crippen LogP contribution in [-0.4, -0.2) is 11.1 Å². The topological polar surface area (TPSA) is 46.5 Å². The van der Waals surface area contributed by atoms with Crippen LogP contribution < -0.4 is 4.74 Å². The number of halogens is 2. The van der Waals surface area contributed by atoms with Crippen LogP contribution in [0.5, 0.6) is 11.5 Å². The van der Waals surface area contributed by atoms with Crippen LogP contribution in [0, 0.1) is 3.57 Å². The van der Waals surface area contributed by atoms with Gasteiger partial charge in [0.2, 0.25) is 0 Å². The van der Waals surface area contributed by atoms with Gasteiger partial charge >= 0.3 is 5.97 Å². The van der Waals surface area contributed by atoms with Gasteiger partial charge in [-0.3, -0.25) is 0 Å². The highest BCUT2D eigenvalue weighted by atomic mass is 127. The summed E-state index contributed by atoms with van der Waals surface area (Å²) in [5.74, 6) is 0.231. The van der Waals surface area contributed by atoms with E-state index in [1.165, 1.54) is 6.08 Å². The van der Waals surface area contributed by atoms with Gasteiger partial charge in [-0.15, -0.1) is 0 Å². The summed E-state index contributed by atoms with van der Waals surface area (Å²) in [4.78, 5) is 10.5. The highest BCUT2D eigenvalue weighted by Gasteiger charge is 2.04. The minimum atomic E-state index is -1.000. The Bertz CT molecular complexity index is 668. The molecule has 0 spiro atoms. The molecule has 0 saturated carbocycles. The second-order valence-electron chi connectivity index (χ2n) is 3.92. The molecule has 0 heterocycles. The fourth-order valence-corrected chi connectivity index (χ4v) is 2.27. The molecular formula is C15H10ClIO3. The monoisotopic (exact) mass is 400 g/mol. The van der Waals surface area contributed by atoms with E-state index in [4.69, 9.17) is 21.4 Å². The number of hydrogen-bond acceptors (Lipinski definition) is 2. The van der Waals surface area contributed by atoms with Crippen molar-refractivity contribution in [2.75, 3.05) is 0 Å². The molecule has 0 aliphatic rings. The summed E-state index contributed by atoms with van der Waals surface area (Å²) in [5.41, 5.74) is 0.701. The first-order valence-corrected chi connectivity index (χ1v) is 7.14. The Hall–Kier alpha value is -1.53. The largest absolute Gasteiger partial charge is 0.478 e. The third-order valence-corrected chi connectivity index (χ3v) is 3.36. The van der Waals surface area contributed by atoms with E-state index in [1.807, 2.05) is 24.3 Å². The quantitative estimate of drug-likeness (QED) is 0.590. The lowest BCUT2D eigenvalue weighted by Gasteiger charge is -2.08. The van der Waals surface area contributed by atoms with E-state index in [0.29, 0.717) is 22.1 Å². The standard InChI is InChI=1S/C15H10ClIO3/c16-13-8-10(5-7-15(18)19)4-6-14(13)20-12-3-1-2-11(17)9-12/h1-9H,(H,18,19)/b7-5+. The van der Waals surface area contributed by atoms with Crippen LogP contribution in [0.4, 0.5) is 0 Å². The molecule has 0 unspecified atom stereocenters. The van der Waals surface area contributed by atoms with Gasteiger partial charge < -0.3 is 9.84 Å². The maximum Gasteiger partial charge on any atom is 0.328 e. The van der Waals surface area contributed by atoms with Crippen molar-refractivity contribution in [1.29, 1.82) is 0 Å². The van der Waals surface area contributed by atoms with E-state index in [0.717, 1.165) is 9.65 Å². The molecule has 0 bridgehead atoms. The lowest BCUT2D eigenvalue weighted by atomic mass is 10.2. The van der Waals surface area contributed by atoms with Crippen LogP contribution >= 0.6 is 34.2 Å². The van der Waals surface area contributed by atoms with E-state index in [-0.39, 0.29) is 0 Å². The molecular weight excluding hydrogens is 391 g/mol. The summed E-state index contributed by atoms with van der Waals surface area (Å²) < 4.78 is 6.76. The number of carboxylic acids is 1. The Morgan fingerprint density at radius 1 is 1.25 bits per heavy atom. The van der Waals surface area contributed by atoms with Crippen molar-refractivity contribution >= 4 is 46.2 Å². The molecule has 5 heteroatoms. The summed E-state index contributed by atoms with van der Waals surface area (Å²) in [7, 11) is 0. The minimum absolute atomic E-state index is 0.427. The Labute approximate surface area is 135 Å². The molecule has 0 aromatic heterocycles. The Kier molecular flexibility index (Phi) is 5.03. The summed E-state index contributed by atoms with van der Waals surface area (Å²) >= 11 is 8.33. The van der Waals surface area contributed by atoms with Gasteiger partial charge in [-0.2, -0.15) is 0 Å². The zero-order valence-electron chi connectivity index (χ0n) is 10.2. The maximum atomic E-state index is 10.5. The second-order valence-corrected chi connectivity index (χ2v) is 5.57. The number of hydrogen-bond donors (Lipinski definition) is 1. The average Bonchev–Trinajstić information content (AvgIpc) is 2.39. The molecule has 0 radical (unpaired) electrons. The van der Waals surface area contributed by atoms with Gasteiger partial charge in [0.25, 0.3) is 0 Å². The third-order valence-electron chi connectivity index (χ3n) is 2.40. The summed E-state index contributed by atoms with van der Waals surface area (Å²) in [6.07, 6.45) is 2.54. The van der Waals surface area contributed by atoms with Crippen molar-refractivity contribution in [3.8, 4) is 11.5 Å². The minimum Gasteiger partial charge on any atom is -0.478 e. The number of benzene rings is 2. The van der Waals surface area contributed by atoms with Crippen molar-refractivity contribution in [2.45, 2.75) is 0 Å². The predicted molar refractivity (Wildman–Crippen MR) is 87.4 cm³/mol. The molecule has 1 N–H and O–H groups in total. The van der Waals surface area contributed by atoms with Gasteiger partial charge in [-0.25, -0.2) is 4.79 Å². The summed E-state index contributed by atoms with van der Waals surface area (Å²) in [6.45, 7) is 0. The molecule has 0 atom stereocenters. The Balaban J connectivity index is 2.20. The van der Waals surface area contributed by atoms with E-state index in [2.05, 4.69) is 22.6 Å². The Morgan fingerprint density at radius 2 is 2.05 bits per heavy atom. The lowest BCUT2D eigenvalue weighted by Crippen LogP contribution is -1.88.